The third kappa shape index (κ3) is 1.97. The van der Waals surface area contributed by atoms with Crippen LogP contribution in [0.2, 0.25) is 0 Å². The first-order chi connectivity index (χ1) is 13.4. The normalized spacial score (nSPS) is 54.6. The molecule has 4 saturated carbocycles. The largest absolute Gasteiger partial charge is 0.457 e. The van der Waals surface area contributed by atoms with E-state index in [2.05, 4.69) is 18.4 Å². The molecule has 0 amide bonds. The highest BCUT2D eigenvalue weighted by Gasteiger charge is 2.73. The van der Waals surface area contributed by atoms with Gasteiger partial charge >= 0.3 is 5.97 Å². The van der Waals surface area contributed by atoms with Crippen LogP contribution in [0.25, 0.3) is 0 Å². The zero-order valence-corrected chi connectivity index (χ0v) is 17.5. The van der Waals surface area contributed by atoms with Gasteiger partial charge in [0.15, 0.2) is 0 Å². The molecule has 0 aromatic heterocycles. The maximum atomic E-state index is 12.0. The van der Waals surface area contributed by atoms with Crippen molar-refractivity contribution >= 4 is 5.97 Å². The molecule has 0 aromatic carbocycles. The van der Waals surface area contributed by atoms with E-state index in [-0.39, 0.29) is 29.1 Å². The van der Waals surface area contributed by atoms with E-state index in [1.54, 1.807) is 6.92 Å². The van der Waals surface area contributed by atoms with Gasteiger partial charge in [0.05, 0.1) is 6.61 Å². The Kier molecular flexibility index (Phi) is 3.61. The van der Waals surface area contributed by atoms with Gasteiger partial charge in [-0.2, -0.15) is 0 Å². The topological polar surface area (TPSA) is 38.8 Å². The van der Waals surface area contributed by atoms with Crippen LogP contribution in [0.5, 0.6) is 0 Å². The van der Waals surface area contributed by atoms with Crippen LogP contribution in [0.1, 0.15) is 65.2 Å². The summed E-state index contributed by atoms with van der Waals surface area (Å²) in [5.74, 6) is 1.77. The van der Waals surface area contributed by atoms with Crippen molar-refractivity contribution in [3.63, 3.8) is 0 Å². The average Bonchev–Trinajstić information content (AvgIpc) is 3.18. The molecule has 4 heteroatoms. The molecular formula is C24H35NO3. The quantitative estimate of drug-likeness (QED) is 0.502. The number of hydrogen-bond acceptors (Lipinski definition) is 4. The number of hydrogen-bond donors (Lipinski definition) is 0. The summed E-state index contributed by atoms with van der Waals surface area (Å²) >= 11 is 0. The fraction of sp³-hybridized carbons (Fsp3) is 0.875. The molecule has 1 unspecified atom stereocenters. The van der Waals surface area contributed by atoms with Crippen LogP contribution in [0, 0.1) is 34.0 Å². The Morgan fingerprint density at radius 1 is 1.21 bits per heavy atom. The average molecular weight is 386 g/mol. The van der Waals surface area contributed by atoms with Gasteiger partial charge in [-0.1, -0.05) is 19.9 Å². The summed E-state index contributed by atoms with van der Waals surface area (Å²) in [7, 11) is 0. The Balaban J connectivity index is 1.50. The zero-order valence-electron chi connectivity index (χ0n) is 17.5. The molecule has 8 atom stereocenters. The van der Waals surface area contributed by atoms with Crippen LogP contribution in [0.4, 0.5) is 0 Å². The third-order valence-corrected chi connectivity index (χ3v) is 10.2. The van der Waals surface area contributed by atoms with E-state index in [1.165, 1.54) is 63.5 Å². The van der Waals surface area contributed by atoms with Gasteiger partial charge in [-0.25, -0.2) is 0 Å². The van der Waals surface area contributed by atoms with Gasteiger partial charge in [-0.3, -0.25) is 9.69 Å². The summed E-state index contributed by atoms with van der Waals surface area (Å²) in [5, 5.41) is 0. The maximum Gasteiger partial charge on any atom is 0.303 e. The standard InChI is InChI=1S/C24H35NO3/c1-15-17-5-6-19-23(13-17,20(15)28-16(2)26)10-7-18-22(3)8-4-9-24(18,19)21-25(14-22)11-12-27-21/h17-21H,1,4-14H2,2-3H3/t17-,18+,19+,20+,21?,22-,23+,24-/m0/s1. The van der Waals surface area contributed by atoms with Gasteiger partial charge in [0.2, 0.25) is 0 Å². The lowest BCUT2D eigenvalue weighted by atomic mass is 9.38. The molecule has 154 valence electrons. The molecule has 2 saturated heterocycles. The summed E-state index contributed by atoms with van der Waals surface area (Å²) < 4.78 is 12.6. The van der Waals surface area contributed by atoms with Crippen molar-refractivity contribution in [3.05, 3.63) is 12.2 Å². The summed E-state index contributed by atoms with van der Waals surface area (Å²) in [6.45, 7) is 11.8. The lowest BCUT2D eigenvalue weighted by Gasteiger charge is -2.70. The number of rotatable bonds is 1. The molecule has 0 radical (unpaired) electrons. The summed E-state index contributed by atoms with van der Waals surface area (Å²) in [6.07, 6.45) is 10.4. The maximum absolute atomic E-state index is 12.0. The first kappa shape index (κ1) is 17.9. The van der Waals surface area contributed by atoms with E-state index in [0.29, 0.717) is 17.3 Å². The number of carbonyl (C=O) groups excluding carboxylic acids is 1. The first-order valence-corrected chi connectivity index (χ1v) is 11.6. The van der Waals surface area contributed by atoms with Gasteiger partial charge in [-0.05, 0) is 73.7 Å². The molecule has 0 aromatic rings. The monoisotopic (exact) mass is 385 g/mol. The SMILES string of the molecule is C=C1[C@H]2CC[C@@H]3[C@@](CC[C@@H]4[C@@]5(C)CCC[C@]43C3OCCN3C5)(C2)[C@@H]1OC(C)=O. The highest BCUT2D eigenvalue weighted by molar-refractivity contribution is 5.67. The molecule has 4 nitrogen and oxygen atoms in total. The molecule has 2 heterocycles. The number of carbonyl (C=O) groups is 1. The molecule has 0 N–H and O–H groups in total. The second kappa shape index (κ2) is 5.63. The second-order valence-corrected chi connectivity index (χ2v) is 11.2. The van der Waals surface area contributed by atoms with Crippen molar-refractivity contribution in [2.45, 2.75) is 77.5 Å². The van der Waals surface area contributed by atoms with Gasteiger partial charge < -0.3 is 9.47 Å². The van der Waals surface area contributed by atoms with Crippen molar-refractivity contribution in [1.29, 1.82) is 0 Å². The van der Waals surface area contributed by atoms with Crippen molar-refractivity contribution < 1.29 is 14.3 Å². The molecule has 4 aliphatic carbocycles. The highest BCUT2D eigenvalue weighted by Crippen LogP contribution is 2.75. The molecule has 6 rings (SSSR count). The van der Waals surface area contributed by atoms with Crippen molar-refractivity contribution in [1.82, 2.24) is 4.90 Å². The summed E-state index contributed by atoms with van der Waals surface area (Å²) in [4.78, 5) is 14.7. The molecule has 1 spiro atoms. The number of ether oxygens (including phenoxy) is 2. The van der Waals surface area contributed by atoms with Crippen molar-refractivity contribution in [2.24, 2.45) is 34.0 Å². The van der Waals surface area contributed by atoms with Crippen LogP contribution in [-0.2, 0) is 14.3 Å². The predicted molar refractivity (Wildman–Crippen MR) is 106 cm³/mol. The van der Waals surface area contributed by atoms with Gasteiger partial charge in [0.1, 0.15) is 12.3 Å². The van der Waals surface area contributed by atoms with Crippen LogP contribution >= 0.6 is 0 Å². The number of fused-ring (bicyclic) bond motifs is 2. The third-order valence-electron chi connectivity index (χ3n) is 10.2. The fourth-order valence-electron chi connectivity index (χ4n) is 9.64. The molecule has 2 aliphatic heterocycles. The fourth-order valence-corrected chi connectivity index (χ4v) is 9.64. The van der Waals surface area contributed by atoms with Gasteiger partial charge in [0.25, 0.3) is 0 Å². The first-order valence-electron chi connectivity index (χ1n) is 11.6. The minimum Gasteiger partial charge on any atom is -0.457 e. The Morgan fingerprint density at radius 2 is 2.07 bits per heavy atom. The minimum atomic E-state index is -0.137. The van der Waals surface area contributed by atoms with Crippen LogP contribution in [-0.4, -0.2) is 42.9 Å². The smallest absolute Gasteiger partial charge is 0.303 e. The molecule has 6 aliphatic rings. The van der Waals surface area contributed by atoms with E-state index in [1.807, 2.05) is 0 Å². The van der Waals surface area contributed by atoms with E-state index in [0.717, 1.165) is 19.1 Å². The Hall–Kier alpha value is -0.870. The van der Waals surface area contributed by atoms with Crippen molar-refractivity contribution in [2.75, 3.05) is 19.7 Å². The summed E-state index contributed by atoms with van der Waals surface area (Å²) in [6, 6.07) is 0. The summed E-state index contributed by atoms with van der Waals surface area (Å²) in [5.41, 5.74) is 1.99. The number of esters is 1. The van der Waals surface area contributed by atoms with Crippen LogP contribution < -0.4 is 0 Å². The van der Waals surface area contributed by atoms with E-state index < -0.39 is 0 Å². The van der Waals surface area contributed by atoms with Crippen LogP contribution in [0.15, 0.2) is 12.2 Å². The Morgan fingerprint density at radius 3 is 2.89 bits per heavy atom. The predicted octanol–water partition coefficient (Wildman–Crippen LogP) is 4.15. The molecular weight excluding hydrogens is 350 g/mol. The van der Waals surface area contributed by atoms with Crippen molar-refractivity contribution in [3.8, 4) is 0 Å². The van der Waals surface area contributed by atoms with Gasteiger partial charge in [0, 0.05) is 30.8 Å². The lowest BCUT2D eigenvalue weighted by molar-refractivity contribution is -0.277. The number of piperidine rings is 1. The van der Waals surface area contributed by atoms with E-state index in [4.69, 9.17) is 9.47 Å². The van der Waals surface area contributed by atoms with Gasteiger partial charge in [-0.15, -0.1) is 0 Å². The second-order valence-electron chi connectivity index (χ2n) is 11.2. The van der Waals surface area contributed by atoms with E-state index in [9.17, 15) is 4.79 Å². The number of nitrogens with zero attached hydrogens (tertiary/aromatic N) is 1. The van der Waals surface area contributed by atoms with E-state index >= 15 is 0 Å². The Labute approximate surface area is 169 Å². The minimum absolute atomic E-state index is 0.0669. The molecule has 28 heavy (non-hydrogen) atoms. The van der Waals surface area contributed by atoms with Crippen LogP contribution in [0.3, 0.4) is 0 Å². The Bertz CT molecular complexity index is 735. The lowest BCUT2D eigenvalue weighted by Crippen LogP contribution is -2.71. The molecule has 6 fully saturated rings. The zero-order chi connectivity index (χ0) is 19.3. The highest BCUT2D eigenvalue weighted by atomic mass is 16.5. The molecule has 4 bridgehead atoms.